The van der Waals surface area contributed by atoms with Gasteiger partial charge in [-0.25, -0.2) is 9.59 Å². The summed E-state index contributed by atoms with van der Waals surface area (Å²) in [5.41, 5.74) is 5.06. The molecular formula is C12H11N2NaO7. The van der Waals surface area contributed by atoms with Crippen LogP contribution >= 0.6 is 0 Å². The van der Waals surface area contributed by atoms with Crippen LogP contribution in [0.1, 0.15) is 23.2 Å². The number of rotatable bonds is 6. The maximum atomic E-state index is 11.6. The zero-order valence-corrected chi connectivity index (χ0v) is 13.7. The predicted octanol–water partition coefficient (Wildman–Crippen LogP) is -3.86. The van der Waals surface area contributed by atoms with Crippen LogP contribution in [-0.4, -0.2) is 28.9 Å². The van der Waals surface area contributed by atoms with Crippen LogP contribution in [0.3, 0.4) is 0 Å². The fourth-order valence-corrected chi connectivity index (χ4v) is 1.34. The smallest absolute Gasteiger partial charge is 0.550 e. The molecule has 0 unspecified atom stereocenters. The van der Waals surface area contributed by atoms with E-state index in [1.807, 2.05) is 0 Å². The van der Waals surface area contributed by atoms with Crippen molar-refractivity contribution >= 4 is 23.6 Å². The Labute approximate surface area is 146 Å². The van der Waals surface area contributed by atoms with Crippen LogP contribution in [0, 0.1) is 10.1 Å². The molecule has 0 aromatic heterocycles. The molecule has 9 nitrogen and oxygen atoms in total. The molecule has 1 aromatic carbocycles. The van der Waals surface area contributed by atoms with E-state index >= 15 is 0 Å². The summed E-state index contributed by atoms with van der Waals surface area (Å²) in [5, 5.41) is 20.7. The van der Waals surface area contributed by atoms with Gasteiger partial charge >= 0.3 is 41.5 Å². The van der Waals surface area contributed by atoms with Crippen LogP contribution < -0.4 is 40.4 Å². The molecule has 0 saturated heterocycles. The van der Waals surface area contributed by atoms with Crippen LogP contribution in [0.4, 0.5) is 5.69 Å². The summed E-state index contributed by atoms with van der Waals surface area (Å²) in [6, 6.07) is 3.14. The number of hydrogen-bond donors (Lipinski definition) is 1. The number of carbonyl (C=O) groups excluding carboxylic acids is 3. The molecule has 0 heterocycles. The van der Waals surface area contributed by atoms with Crippen LogP contribution in [0.15, 0.2) is 24.3 Å². The van der Waals surface area contributed by atoms with Gasteiger partial charge in [0.25, 0.3) is 5.69 Å². The van der Waals surface area contributed by atoms with E-state index in [2.05, 4.69) is 4.74 Å². The van der Waals surface area contributed by atoms with Gasteiger partial charge in [-0.3, -0.25) is 10.1 Å². The van der Waals surface area contributed by atoms with Gasteiger partial charge in [-0.2, -0.15) is 0 Å². The Hall–Kier alpha value is -1.81. The number of nitrogens with zero attached hydrogens (tertiary/aromatic N) is 1. The number of hydrogen-bond acceptors (Lipinski definition) is 8. The average molecular weight is 318 g/mol. The van der Waals surface area contributed by atoms with E-state index in [1.54, 1.807) is 0 Å². The van der Waals surface area contributed by atoms with E-state index in [-0.39, 0.29) is 47.2 Å². The summed E-state index contributed by atoms with van der Waals surface area (Å²) in [4.78, 5) is 43.0. The second-order valence-electron chi connectivity index (χ2n) is 4.03. The number of nitro groups is 1. The number of nitrogens with two attached hydrogens (primary N) is 1. The number of aliphatic carboxylic acids is 1. The average Bonchev–Trinajstić information content (AvgIpc) is 2.44. The molecular weight excluding hydrogens is 307 g/mol. The summed E-state index contributed by atoms with van der Waals surface area (Å²) in [7, 11) is 0. The minimum absolute atomic E-state index is 0. The summed E-state index contributed by atoms with van der Waals surface area (Å²) in [5.74, 6) is -3.49. The SMILES string of the molecule is N[C@@H](CCC(=O)[O-])C(=O)OC(=O)c1ccc([N+](=O)[O-])cc1.[Na+]. The fraction of sp³-hybridized carbons (Fsp3) is 0.250. The van der Waals surface area contributed by atoms with Crippen molar-refractivity contribution < 1.29 is 58.7 Å². The van der Waals surface area contributed by atoms with Crippen LogP contribution in [0.2, 0.25) is 0 Å². The van der Waals surface area contributed by atoms with Gasteiger partial charge in [0.2, 0.25) is 0 Å². The zero-order chi connectivity index (χ0) is 16.0. The van der Waals surface area contributed by atoms with Crippen molar-refractivity contribution in [2.45, 2.75) is 18.9 Å². The first kappa shape index (κ1) is 20.2. The monoisotopic (exact) mass is 318 g/mol. The number of non-ortho nitro benzene ring substituents is 1. The molecule has 0 fully saturated rings. The van der Waals surface area contributed by atoms with Crippen LogP contribution in [-0.2, 0) is 14.3 Å². The summed E-state index contributed by atoms with van der Waals surface area (Å²) < 4.78 is 4.44. The first-order valence-corrected chi connectivity index (χ1v) is 5.77. The topological polar surface area (TPSA) is 153 Å². The Morgan fingerprint density at radius 2 is 1.77 bits per heavy atom. The van der Waals surface area contributed by atoms with Crippen molar-refractivity contribution in [3.63, 3.8) is 0 Å². The van der Waals surface area contributed by atoms with E-state index in [0.29, 0.717) is 0 Å². The molecule has 10 heteroatoms. The molecule has 2 N–H and O–H groups in total. The molecule has 1 aromatic rings. The predicted molar refractivity (Wildman–Crippen MR) is 65.7 cm³/mol. The third-order valence-electron chi connectivity index (χ3n) is 2.47. The number of carboxylic acid groups (broad SMARTS) is 1. The second-order valence-corrected chi connectivity index (χ2v) is 4.03. The quantitative estimate of drug-likeness (QED) is 0.184. The number of carboxylic acids is 1. The van der Waals surface area contributed by atoms with Gasteiger partial charge in [0, 0.05) is 18.1 Å². The van der Waals surface area contributed by atoms with Gasteiger partial charge in [0.1, 0.15) is 6.04 Å². The first-order valence-electron chi connectivity index (χ1n) is 5.77. The Kier molecular flexibility index (Phi) is 8.50. The third kappa shape index (κ3) is 6.31. The maximum Gasteiger partial charge on any atom is 1.00 e. The summed E-state index contributed by atoms with van der Waals surface area (Å²) in [6.45, 7) is 0. The molecule has 112 valence electrons. The van der Waals surface area contributed by atoms with Crippen molar-refractivity contribution in [3.8, 4) is 0 Å². The molecule has 0 amide bonds. The maximum absolute atomic E-state index is 11.6. The number of nitro benzene ring substituents is 1. The number of esters is 2. The minimum Gasteiger partial charge on any atom is -0.550 e. The number of benzene rings is 1. The fourth-order valence-electron chi connectivity index (χ4n) is 1.34. The molecule has 0 saturated carbocycles. The third-order valence-corrected chi connectivity index (χ3v) is 2.47. The van der Waals surface area contributed by atoms with Crippen LogP contribution in [0.5, 0.6) is 0 Å². The van der Waals surface area contributed by atoms with E-state index in [0.717, 1.165) is 24.3 Å². The van der Waals surface area contributed by atoms with E-state index in [9.17, 15) is 29.6 Å². The first-order chi connectivity index (χ1) is 9.81. The summed E-state index contributed by atoms with van der Waals surface area (Å²) >= 11 is 0. The molecule has 0 spiro atoms. The molecule has 0 aliphatic rings. The van der Waals surface area contributed by atoms with Gasteiger partial charge in [-0.15, -0.1) is 0 Å². The van der Waals surface area contributed by atoms with Crippen molar-refractivity contribution in [2.24, 2.45) is 5.73 Å². The molecule has 0 aliphatic heterocycles. The molecule has 22 heavy (non-hydrogen) atoms. The Morgan fingerprint density at radius 1 is 1.23 bits per heavy atom. The van der Waals surface area contributed by atoms with E-state index in [4.69, 9.17) is 5.73 Å². The molecule has 0 bridgehead atoms. The van der Waals surface area contributed by atoms with Crippen molar-refractivity contribution in [3.05, 3.63) is 39.9 Å². The van der Waals surface area contributed by atoms with Crippen molar-refractivity contribution in [2.75, 3.05) is 0 Å². The number of carbonyl (C=O) groups is 3. The normalized spacial score (nSPS) is 11.0. The largest absolute Gasteiger partial charge is 1.00 e. The van der Waals surface area contributed by atoms with Crippen molar-refractivity contribution in [1.82, 2.24) is 0 Å². The standard InChI is InChI=1S/C12H12N2O7.Na/c13-9(5-6-10(15)16)12(18)21-11(17)7-1-3-8(4-2-7)14(19)20;/h1-4,9H,5-6,13H2,(H,15,16);/q;+1/p-1/t9-;/m0./s1. The van der Waals surface area contributed by atoms with Gasteiger partial charge in [0.15, 0.2) is 0 Å². The minimum atomic E-state index is -1.38. The van der Waals surface area contributed by atoms with Gasteiger partial charge < -0.3 is 20.4 Å². The van der Waals surface area contributed by atoms with E-state index in [1.165, 1.54) is 0 Å². The summed E-state index contributed by atoms with van der Waals surface area (Å²) in [6.07, 6.45) is -0.670. The molecule has 1 rings (SSSR count). The van der Waals surface area contributed by atoms with E-state index < -0.39 is 35.3 Å². The Bertz CT molecular complexity index is 573. The van der Waals surface area contributed by atoms with Crippen LogP contribution in [0.25, 0.3) is 0 Å². The van der Waals surface area contributed by atoms with Gasteiger partial charge in [0.05, 0.1) is 10.5 Å². The molecule has 0 aliphatic carbocycles. The Morgan fingerprint density at radius 3 is 2.23 bits per heavy atom. The van der Waals surface area contributed by atoms with Gasteiger partial charge in [-0.1, -0.05) is 0 Å². The number of ether oxygens (including phenoxy) is 1. The van der Waals surface area contributed by atoms with Gasteiger partial charge in [-0.05, 0) is 25.0 Å². The van der Waals surface area contributed by atoms with Crippen molar-refractivity contribution in [1.29, 1.82) is 0 Å². The zero-order valence-electron chi connectivity index (χ0n) is 11.7. The molecule has 1 atom stereocenters. The Balaban J connectivity index is 0.00000441. The second kappa shape index (κ2) is 9.26. The molecule has 0 radical (unpaired) electrons.